The van der Waals surface area contributed by atoms with Crippen molar-refractivity contribution in [2.75, 3.05) is 0 Å². The van der Waals surface area contributed by atoms with Gasteiger partial charge in [-0.2, -0.15) is 0 Å². The Kier molecular flexibility index (Phi) is 1.81. The lowest BCUT2D eigenvalue weighted by atomic mass is 10.4. The van der Waals surface area contributed by atoms with Crippen LogP contribution in [0, 0.1) is 0 Å². The SMILES string of the molecule is CCC(C)=[O+]. The molecule has 0 saturated heterocycles. The Morgan fingerprint density at radius 3 is 2.00 bits per heavy atom. The van der Waals surface area contributed by atoms with Crippen molar-refractivity contribution in [2.45, 2.75) is 20.3 Å². The molecule has 0 aliphatic heterocycles. The van der Waals surface area contributed by atoms with Crippen molar-refractivity contribution < 1.29 is 4.79 Å². The summed E-state index contributed by atoms with van der Waals surface area (Å²) in [6.07, 6.45) is 0.667. The molecular formula is C4H8O+. The lowest BCUT2D eigenvalue weighted by Crippen LogP contribution is -1.80. The molecule has 0 spiro atoms. The van der Waals surface area contributed by atoms with Gasteiger partial charge in [0.1, 0.15) is 0 Å². The molecule has 0 aliphatic carbocycles. The topological polar surface area (TPSA) is 19.9 Å². The van der Waals surface area contributed by atoms with Crippen LogP contribution >= 0.6 is 0 Å². The van der Waals surface area contributed by atoms with E-state index in [0.29, 0.717) is 6.42 Å². The van der Waals surface area contributed by atoms with E-state index in [2.05, 4.69) is 0 Å². The fraction of sp³-hybridized carbons (Fsp3) is 0.750. The summed E-state index contributed by atoms with van der Waals surface area (Å²) in [5.41, 5.74) is 0. The van der Waals surface area contributed by atoms with Crippen LogP contribution in [0.2, 0.25) is 0 Å². The number of carbonyl (C=O) groups is 1. The summed E-state index contributed by atoms with van der Waals surface area (Å²) in [6, 6.07) is 0. The maximum atomic E-state index is 9.81. The van der Waals surface area contributed by atoms with Crippen molar-refractivity contribution in [2.24, 2.45) is 0 Å². The summed E-state index contributed by atoms with van der Waals surface area (Å²) >= 11 is 0. The van der Waals surface area contributed by atoms with Crippen molar-refractivity contribution >= 4 is 5.78 Å². The van der Waals surface area contributed by atoms with Crippen LogP contribution in [-0.2, 0) is 4.79 Å². The average molecular weight is 72.1 g/mol. The molecule has 1 nitrogen and oxygen atoms in total. The van der Waals surface area contributed by atoms with Crippen molar-refractivity contribution in [3.05, 3.63) is 0 Å². The third kappa shape index (κ3) is 3.67. The first-order valence-corrected chi connectivity index (χ1v) is 1.76. The van der Waals surface area contributed by atoms with E-state index in [9.17, 15) is 4.79 Å². The zero-order valence-corrected chi connectivity index (χ0v) is 3.62. The molecule has 29 valence electrons. The van der Waals surface area contributed by atoms with Gasteiger partial charge in [0.2, 0.25) is 4.79 Å². The zero-order valence-electron chi connectivity index (χ0n) is 3.62. The Hall–Kier alpha value is -0.330. The molecule has 0 aromatic heterocycles. The van der Waals surface area contributed by atoms with Crippen LogP contribution in [0.4, 0.5) is 0 Å². The Balaban J connectivity index is 2.85. The number of rotatable bonds is 1. The standard InChI is InChI=1S/C4H8O/c1-3-4(2)5/h3H2,1-2H3/q+1. The zero-order chi connectivity index (χ0) is 4.28. The minimum atomic E-state index is 0.255. The van der Waals surface area contributed by atoms with Crippen LogP contribution in [0.15, 0.2) is 0 Å². The third-order valence-electron chi connectivity index (χ3n) is 0.498. The summed E-state index contributed by atoms with van der Waals surface area (Å²) in [4.78, 5) is 9.81. The second-order valence-electron chi connectivity index (χ2n) is 1.06. The summed E-state index contributed by atoms with van der Waals surface area (Å²) in [5, 5.41) is 0. The van der Waals surface area contributed by atoms with Gasteiger partial charge in [-0.1, -0.05) is 6.92 Å². The van der Waals surface area contributed by atoms with Gasteiger partial charge in [0, 0.05) is 0 Å². The van der Waals surface area contributed by atoms with Gasteiger partial charge in [0.05, 0.1) is 13.3 Å². The molecule has 0 aliphatic rings. The number of Topliss-reactive ketones (excluding diaryl/α,β-unsaturated/α-hetero) is 1. The van der Waals surface area contributed by atoms with Gasteiger partial charge in [-0.15, -0.1) is 0 Å². The summed E-state index contributed by atoms with van der Waals surface area (Å²) in [7, 11) is 0. The molecule has 0 fully saturated rings. The first-order chi connectivity index (χ1) is 2.27. The van der Waals surface area contributed by atoms with Crippen LogP contribution in [0.1, 0.15) is 20.3 Å². The molecule has 0 atom stereocenters. The predicted molar refractivity (Wildman–Crippen MR) is 21.0 cm³/mol. The van der Waals surface area contributed by atoms with Gasteiger partial charge in [0.25, 0.3) is 0 Å². The van der Waals surface area contributed by atoms with Crippen molar-refractivity contribution in [3.8, 4) is 0 Å². The molecule has 5 heavy (non-hydrogen) atoms. The molecule has 0 aromatic carbocycles. The molecule has 0 N–H and O–H groups in total. The maximum absolute atomic E-state index is 9.81. The summed E-state index contributed by atoms with van der Waals surface area (Å²) in [6.45, 7) is 3.43. The third-order valence-corrected chi connectivity index (χ3v) is 0.498. The lowest BCUT2D eigenvalue weighted by molar-refractivity contribution is -0.116. The van der Waals surface area contributed by atoms with Gasteiger partial charge in [-0.3, -0.25) is 0 Å². The Labute approximate surface area is 32.0 Å². The van der Waals surface area contributed by atoms with E-state index >= 15 is 0 Å². The van der Waals surface area contributed by atoms with E-state index in [0.717, 1.165) is 0 Å². The lowest BCUT2D eigenvalue weighted by Gasteiger charge is -1.54. The molecule has 0 aromatic rings. The normalized spacial score (nSPS) is 7.60. The highest BCUT2D eigenvalue weighted by atomic mass is 16.1. The number of hydrogen-bond acceptors (Lipinski definition) is 1. The Morgan fingerprint density at radius 2 is 2.00 bits per heavy atom. The van der Waals surface area contributed by atoms with Crippen LogP contribution < -0.4 is 0 Å². The number of carbonyl (C=O) groups excluding carboxylic acids is 1. The second kappa shape index (κ2) is 1.94. The van der Waals surface area contributed by atoms with Crippen LogP contribution in [0.5, 0.6) is 0 Å². The Morgan fingerprint density at radius 1 is 1.80 bits per heavy atom. The van der Waals surface area contributed by atoms with Gasteiger partial charge in [0.15, 0.2) is 0 Å². The fourth-order valence-electron chi connectivity index (χ4n) is 0. The minimum absolute atomic E-state index is 0.255. The van der Waals surface area contributed by atoms with Gasteiger partial charge in [-0.25, -0.2) is 0 Å². The second-order valence-corrected chi connectivity index (χ2v) is 1.06. The number of hydrogen-bond donors (Lipinski definition) is 0. The highest BCUT2D eigenvalue weighted by Crippen LogP contribution is 1.71. The molecule has 0 rings (SSSR count). The molecular weight excluding hydrogens is 64.0 g/mol. The largest absolute Gasteiger partial charge is 0.440 e. The van der Waals surface area contributed by atoms with Crippen LogP contribution in [0.25, 0.3) is 0 Å². The van der Waals surface area contributed by atoms with E-state index in [1.54, 1.807) is 6.92 Å². The molecule has 0 heterocycles. The molecule has 0 saturated carbocycles. The first kappa shape index (κ1) is 4.67. The molecule has 0 unspecified atom stereocenters. The van der Waals surface area contributed by atoms with Crippen LogP contribution in [0.3, 0.4) is 0 Å². The van der Waals surface area contributed by atoms with Gasteiger partial charge >= 0.3 is 5.78 Å². The smallest absolute Gasteiger partial charge is 0.0525 e. The summed E-state index contributed by atoms with van der Waals surface area (Å²) < 4.78 is 0. The minimum Gasteiger partial charge on any atom is -0.0525 e. The van der Waals surface area contributed by atoms with E-state index in [4.69, 9.17) is 0 Å². The highest BCUT2D eigenvalue weighted by molar-refractivity contribution is 5.74. The van der Waals surface area contributed by atoms with Crippen molar-refractivity contribution in [1.29, 1.82) is 0 Å². The van der Waals surface area contributed by atoms with E-state index in [-0.39, 0.29) is 5.78 Å². The van der Waals surface area contributed by atoms with E-state index in [1.165, 1.54) is 0 Å². The summed E-state index contributed by atoms with van der Waals surface area (Å²) in [5.74, 6) is 0.255. The maximum Gasteiger partial charge on any atom is 0.440 e. The first-order valence-electron chi connectivity index (χ1n) is 1.76. The van der Waals surface area contributed by atoms with Crippen LogP contribution in [-0.4, -0.2) is 5.78 Å². The van der Waals surface area contributed by atoms with E-state index < -0.39 is 0 Å². The highest BCUT2D eigenvalue weighted by Gasteiger charge is 1.97. The van der Waals surface area contributed by atoms with Crippen molar-refractivity contribution in [1.82, 2.24) is 0 Å². The molecule has 1 heteroatoms. The predicted octanol–water partition coefficient (Wildman–Crippen LogP) is 0.985. The molecule has 1 radical (unpaired) electrons. The molecule has 0 amide bonds. The van der Waals surface area contributed by atoms with Gasteiger partial charge < -0.3 is 0 Å². The van der Waals surface area contributed by atoms with E-state index in [1.807, 2.05) is 6.92 Å². The van der Waals surface area contributed by atoms with Crippen molar-refractivity contribution in [3.63, 3.8) is 0 Å². The monoisotopic (exact) mass is 72.1 g/mol. The van der Waals surface area contributed by atoms with Gasteiger partial charge in [-0.05, 0) is 0 Å². The number of ketones is 1. The fourth-order valence-corrected chi connectivity index (χ4v) is 0. The average Bonchev–Trinajstić information content (AvgIpc) is 1.38. The Bertz CT molecular complexity index is 38.9. The quantitative estimate of drug-likeness (QED) is 0.423. The molecule has 0 bridgehead atoms.